The molecule has 0 saturated carbocycles. The van der Waals surface area contributed by atoms with Crippen LogP contribution in [0.15, 0.2) is 18.2 Å². The quantitative estimate of drug-likeness (QED) is 0.727. The summed E-state index contributed by atoms with van der Waals surface area (Å²) in [5.41, 5.74) is 2.70. The van der Waals surface area contributed by atoms with Gasteiger partial charge in [0.25, 0.3) is 0 Å². The van der Waals surface area contributed by atoms with Gasteiger partial charge in [-0.3, -0.25) is 0 Å². The van der Waals surface area contributed by atoms with Crippen molar-refractivity contribution in [3.63, 3.8) is 0 Å². The predicted octanol–water partition coefficient (Wildman–Crippen LogP) is 3.07. The van der Waals surface area contributed by atoms with Crippen molar-refractivity contribution in [2.45, 2.75) is 25.8 Å². The summed E-state index contributed by atoms with van der Waals surface area (Å²) in [7, 11) is 0. The molecule has 2 heteroatoms. The van der Waals surface area contributed by atoms with Crippen LogP contribution in [0.2, 0.25) is 5.02 Å². The van der Waals surface area contributed by atoms with Crippen molar-refractivity contribution in [1.29, 1.82) is 0 Å². The molecule has 0 amide bonds. The molecule has 1 aliphatic heterocycles. The summed E-state index contributed by atoms with van der Waals surface area (Å²) >= 11 is 5.97. The van der Waals surface area contributed by atoms with Crippen LogP contribution in [0.25, 0.3) is 0 Å². The topological polar surface area (TPSA) is 12.0 Å². The zero-order valence-electron chi connectivity index (χ0n) is 7.81. The van der Waals surface area contributed by atoms with Crippen molar-refractivity contribution in [2.75, 3.05) is 6.54 Å². The van der Waals surface area contributed by atoms with Gasteiger partial charge in [-0.25, -0.2) is 0 Å². The fourth-order valence-electron chi connectivity index (χ4n) is 1.94. The highest BCUT2D eigenvalue weighted by Gasteiger charge is 2.17. The lowest BCUT2D eigenvalue weighted by Gasteiger charge is -2.13. The molecular weight excluding hydrogens is 182 g/mol. The van der Waals surface area contributed by atoms with Gasteiger partial charge < -0.3 is 5.32 Å². The molecule has 0 unspecified atom stereocenters. The van der Waals surface area contributed by atoms with Crippen LogP contribution < -0.4 is 5.32 Å². The Morgan fingerprint density at radius 2 is 2.31 bits per heavy atom. The SMILES string of the molecule is Cc1ccc(Cl)cc1[C@H]1CCCN1. The molecule has 1 fully saturated rings. The minimum absolute atomic E-state index is 0.527. The second kappa shape index (κ2) is 3.69. The molecule has 0 aromatic heterocycles. The lowest BCUT2D eigenvalue weighted by Crippen LogP contribution is -2.13. The second-order valence-electron chi connectivity index (χ2n) is 3.65. The van der Waals surface area contributed by atoms with E-state index in [1.165, 1.54) is 24.0 Å². The van der Waals surface area contributed by atoms with Crippen LogP contribution in [0, 0.1) is 6.92 Å². The van der Waals surface area contributed by atoms with Crippen molar-refractivity contribution in [2.24, 2.45) is 0 Å². The van der Waals surface area contributed by atoms with Gasteiger partial charge in [-0.15, -0.1) is 0 Å². The molecule has 1 saturated heterocycles. The van der Waals surface area contributed by atoms with Gasteiger partial charge in [0.1, 0.15) is 0 Å². The highest BCUT2D eigenvalue weighted by Crippen LogP contribution is 2.27. The summed E-state index contributed by atoms with van der Waals surface area (Å²) in [4.78, 5) is 0. The van der Waals surface area contributed by atoms with Gasteiger partial charge in [-0.2, -0.15) is 0 Å². The number of hydrogen-bond donors (Lipinski definition) is 1. The number of benzene rings is 1. The third-order valence-corrected chi connectivity index (χ3v) is 2.91. The number of aryl methyl sites for hydroxylation is 1. The van der Waals surface area contributed by atoms with E-state index in [0.29, 0.717) is 6.04 Å². The van der Waals surface area contributed by atoms with Crippen LogP contribution in [0.1, 0.15) is 30.0 Å². The van der Waals surface area contributed by atoms with E-state index in [-0.39, 0.29) is 0 Å². The van der Waals surface area contributed by atoms with Crippen molar-refractivity contribution in [1.82, 2.24) is 5.32 Å². The van der Waals surface area contributed by atoms with E-state index in [1.54, 1.807) is 0 Å². The normalized spacial score (nSPS) is 22.2. The second-order valence-corrected chi connectivity index (χ2v) is 4.09. The molecule has 1 N–H and O–H groups in total. The Morgan fingerprint density at radius 1 is 1.46 bits per heavy atom. The molecule has 2 rings (SSSR count). The molecule has 0 bridgehead atoms. The Balaban J connectivity index is 2.32. The number of nitrogens with one attached hydrogen (secondary N) is 1. The van der Waals surface area contributed by atoms with Crippen molar-refractivity contribution < 1.29 is 0 Å². The van der Waals surface area contributed by atoms with E-state index in [9.17, 15) is 0 Å². The third kappa shape index (κ3) is 1.87. The Labute approximate surface area is 84.1 Å². The summed E-state index contributed by atoms with van der Waals surface area (Å²) in [5, 5.41) is 4.32. The van der Waals surface area contributed by atoms with Crippen LogP contribution in [-0.4, -0.2) is 6.54 Å². The maximum absolute atomic E-state index is 5.97. The first-order valence-electron chi connectivity index (χ1n) is 4.77. The van der Waals surface area contributed by atoms with Crippen molar-refractivity contribution in [3.8, 4) is 0 Å². The van der Waals surface area contributed by atoms with Gasteiger partial charge in [-0.1, -0.05) is 17.7 Å². The minimum atomic E-state index is 0.527. The minimum Gasteiger partial charge on any atom is -0.310 e. The summed E-state index contributed by atoms with van der Waals surface area (Å²) in [5.74, 6) is 0. The van der Waals surface area contributed by atoms with Crippen LogP contribution in [0.5, 0.6) is 0 Å². The first-order chi connectivity index (χ1) is 6.27. The maximum atomic E-state index is 5.97. The fourth-order valence-corrected chi connectivity index (χ4v) is 2.12. The van der Waals surface area contributed by atoms with Crippen LogP contribution in [0.3, 0.4) is 0 Å². The summed E-state index contributed by atoms with van der Waals surface area (Å²) in [6, 6.07) is 6.66. The summed E-state index contributed by atoms with van der Waals surface area (Å²) < 4.78 is 0. The largest absolute Gasteiger partial charge is 0.310 e. The maximum Gasteiger partial charge on any atom is 0.0409 e. The average Bonchev–Trinajstić information content (AvgIpc) is 2.61. The molecule has 1 aromatic carbocycles. The summed E-state index contributed by atoms with van der Waals surface area (Å²) in [6.45, 7) is 3.28. The molecule has 13 heavy (non-hydrogen) atoms. The van der Waals surface area contributed by atoms with Crippen LogP contribution >= 0.6 is 11.6 Å². The molecule has 0 spiro atoms. The van der Waals surface area contributed by atoms with Gasteiger partial charge in [0, 0.05) is 11.1 Å². The van der Waals surface area contributed by atoms with Gasteiger partial charge in [0.15, 0.2) is 0 Å². The van der Waals surface area contributed by atoms with E-state index in [1.807, 2.05) is 6.07 Å². The molecule has 1 nitrogen and oxygen atoms in total. The standard InChI is InChI=1S/C11H14ClN/c1-8-4-5-9(12)7-10(8)11-3-2-6-13-11/h4-5,7,11,13H,2-3,6H2,1H3/t11-/m1/s1. The van der Waals surface area contributed by atoms with Crippen molar-refractivity contribution >= 4 is 11.6 Å². The zero-order chi connectivity index (χ0) is 9.26. The Kier molecular flexibility index (Phi) is 2.56. The molecule has 70 valence electrons. The van der Waals surface area contributed by atoms with Crippen LogP contribution in [-0.2, 0) is 0 Å². The predicted molar refractivity (Wildman–Crippen MR) is 56.2 cm³/mol. The Bertz CT molecular complexity index is 303. The zero-order valence-corrected chi connectivity index (χ0v) is 8.56. The fraction of sp³-hybridized carbons (Fsp3) is 0.455. The van der Waals surface area contributed by atoms with Gasteiger partial charge in [-0.05, 0) is 49.6 Å². The highest BCUT2D eigenvalue weighted by molar-refractivity contribution is 6.30. The molecule has 1 aliphatic rings. The first-order valence-corrected chi connectivity index (χ1v) is 5.14. The number of hydrogen-bond acceptors (Lipinski definition) is 1. The third-order valence-electron chi connectivity index (χ3n) is 2.68. The van der Waals surface area contributed by atoms with E-state index >= 15 is 0 Å². The molecule has 1 atom stereocenters. The van der Waals surface area contributed by atoms with E-state index in [4.69, 9.17) is 11.6 Å². The molecular formula is C11H14ClN. The van der Waals surface area contributed by atoms with Gasteiger partial charge in [0.2, 0.25) is 0 Å². The number of halogens is 1. The monoisotopic (exact) mass is 195 g/mol. The van der Waals surface area contributed by atoms with E-state index in [2.05, 4.69) is 24.4 Å². The average molecular weight is 196 g/mol. The lowest BCUT2D eigenvalue weighted by molar-refractivity contribution is 0.644. The lowest BCUT2D eigenvalue weighted by atomic mass is 10.0. The van der Waals surface area contributed by atoms with Gasteiger partial charge in [0.05, 0.1) is 0 Å². The molecule has 0 aliphatic carbocycles. The van der Waals surface area contributed by atoms with Crippen LogP contribution in [0.4, 0.5) is 0 Å². The molecule has 1 aromatic rings. The summed E-state index contributed by atoms with van der Waals surface area (Å²) in [6.07, 6.45) is 2.51. The number of rotatable bonds is 1. The van der Waals surface area contributed by atoms with E-state index < -0.39 is 0 Å². The highest BCUT2D eigenvalue weighted by atomic mass is 35.5. The Hall–Kier alpha value is -0.530. The molecule has 0 radical (unpaired) electrons. The Morgan fingerprint density at radius 3 is 3.00 bits per heavy atom. The van der Waals surface area contributed by atoms with E-state index in [0.717, 1.165) is 11.6 Å². The van der Waals surface area contributed by atoms with Crippen molar-refractivity contribution in [3.05, 3.63) is 34.3 Å². The first kappa shape index (κ1) is 9.04. The molecule has 1 heterocycles. The van der Waals surface area contributed by atoms with Gasteiger partial charge >= 0.3 is 0 Å². The smallest absolute Gasteiger partial charge is 0.0409 e.